The predicted octanol–water partition coefficient (Wildman–Crippen LogP) is 3.63. The lowest BCUT2D eigenvalue weighted by Crippen LogP contribution is -2.19. The minimum absolute atomic E-state index is 0.0903. The van der Waals surface area contributed by atoms with Crippen molar-refractivity contribution in [1.82, 2.24) is 0 Å². The van der Waals surface area contributed by atoms with Crippen LogP contribution in [0.25, 0.3) is 0 Å². The van der Waals surface area contributed by atoms with Gasteiger partial charge in [0.15, 0.2) is 10.9 Å². The van der Waals surface area contributed by atoms with E-state index in [4.69, 9.17) is 34.3 Å². The second-order valence-corrected chi connectivity index (χ2v) is 5.32. The number of benzene rings is 2. The van der Waals surface area contributed by atoms with E-state index >= 15 is 0 Å². The Labute approximate surface area is 139 Å². The van der Waals surface area contributed by atoms with Crippen LogP contribution in [0.15, 0.2) is 42.5 Å². The molecule has 0 radical (unpaired) electrons. The smallest absolute Gasteiger partial charge is 0.193 e. The summed E-state index contributed by atoms with van der Waals surface area (Å²) in [6.07, 6.45) is 0. The van der Waals surface area contributed by atoms with Gasteiger partial charge in [-0.15, -0.1) is 0 Å². The molecule has 22 heavy (non-hydrogen) atoms. The Morgan fingerprint density at radius 2 is 1.86 bits per heavy atom. The third-order valence-electron chi connectivity index (χ3n) is 2.91. The molecule has 0 saturated heterocycles. The molecule has 0 aliphatic heterocycles. The minimum Gasteiger partial charge on any atom is -0.494 e. The van der Waals surface area contributed by atoms with E-state index in [9.17, 15) is 4.79 Å². The van der Waals surface area contributed by atoms with Crippen molar-refractivity contribution in [1.29, 1.82) is 0 Å². The van der Waals surface area contributed by atoms with Crippen molar-refractivity contribution in [2.75, 3.05) is 11.9 Å². The molecular weight excluding hydrogens is 320 g/mol. The summed E-state index contributed by atoms with van der Waals surface area (Å²) in [6, 6.07) is 11.9. The number of hydrogen-bond donors (Lipinski definition) is 2. The summed E-state index contributed by atoms with van der Waals surface area (Å²) in [5, 5.41) is 3.28. The number of anilines is 1. The summed E-state index contributed by atoms with van der Waals surface area (Å²) < 4.78 is 5.36. The van der Waals surface area contributed by atoms with Crippen LogP contribution in [-0.4, -0.2) is 17.5 Å². The number of ether oxygens (including phenoxy) is 1. The maximum Gasteiger partial charge on any atom is 0.193 e. The summed E-state index contributed by atoms with van der Waals surface area (Å²) in [6.45, 7) is 2.49. The van der Waals surface area contributed by atoms with Crippen molar-refractivity contribution in [3.8, 4) is 5.75 Å². The van der Waals surface area contributed by atoms with E-state index in [0.717, 1.165) is 5.75 Å². The van der Waals surface area contributed by atoms with Crippen LogP contribution in [0.3, 0.4) is 0 Å². The van der Waals surface area contributed by atoms with E-state index in [2.05, 4.69) is 5.32 Å². The molecule has 4 nitrogen and oxygen atoms in total. The summed E-state index contributed by atoms with van der Waals surface area (Å²) >= 11 is 10.8. The van der Waals surface area contributed by atoms with E-state index < -0.39 is 0 Å². The summed E-state index contributed by atoms with van der Waals surface area (Å²) in [5.41, 5.74) is 7.00. The molecule has 114 valence electrons. The zero-order valence-electron chi connectivity index (χ0n) is 11.9. The number of carbonyl (C=O) groups is 1. The largest absolute Gasteiger partial charge is 0.494 e. The molecule has 0 heterocycles. The average Bonchev–Trinajstić information content (AvgIpc) is 2.49. The Hall–Kier alpha value is -2.11. The van der Waals surface area contributed by atoms with Gasteiger partial charge < -0.3 is 15.8 Å². The molecule has 2 rings (SSSR count). The highest BCUT2D eigenvalue weighted by Gasteiger charge is 2.12. The molecule has 0 spiro atoms. The van der Waals surface area contributed by atoms with Gasteiger partial charge in [0.05, 0.1) is 17.3 Å². The first kappa shape index (κ1) is 16.3. The van der Waals surface area contributed by atoms with Gasteiger partial charge >= 0.3 is 0 Å². The second kappa shape index (κ2) is 7.24. The van der Waals surface area contributed by atoms with Gasteiger partial charge in [0.25, 0.3) is 0 Å². The van der Waals surface area contributed by atoms with Gasteiger partial charge in [-0.2, -0.15) is 0 Å². The van der Waals surface area contributed by atoms with Crippen molar-refractivity contribution in [2.45, 2.75) is 6.92 Å². The SMILES string of the molecule is CCOc1ccc(C(=O)c2ccc(Cl)c(NC(N)=S)c2)cc1. The molecule has 3 N–H and O–H groups in total. The highest BCUT2D eigenvalue weighted by atomic mass is 35.5. The van der Waals surface area contributed by atoms with Gasteiger partial charge in [-0.05, 0) is 61.6 Å². The number of ketones is 1. The molecule has 6 heteroatoms. The van der Waals surface area contributed by atoms with Crippen LogP contribution in [0.2, 0.25) is 5.02 Å². The fourth-order valence-corrected chi connectivity index (χ4v) is 2.21. The summed E-state index contributed by atoms with van der Waals surface area (Å²) in [7, 11) is 0. The topological polar surface area (TPSA) is 64.3 Å². The van der Waals surface area contributed by atoms with Crippen LogP contribution in [0.1, 0.15) is 22.8 Å². The van der Waals surface area contributed by atoms with E-state index in [1.165, 1.54) is 0 Å². The lowest BCUT2D eigenvalue weighted by atomic mass is 10.0. The fourth-order valence-electron chi connectivity index (χ4n) is 1.93. The lowest BCUT2D eigenvalue weighted by Gasteiger charge is -2.09. The minimum atomic E-state index is -0.120. The maximum atomic E-state index is 12.5. The number of nitrogens with two attached hydrogens (primary N) is 1. The van der Waals surface area contributed by atoms with Crippen LogP contribution >= 0.6 is 23.8 Å². The van der Waals surface area contributed by atoms with Crippen LogP contribution in [-0.2, 0) is 0 Å². The Kier molecular flexibility index (Phi) is 5.35. The molecule has 0 aliphatic carbocycles. The fraction of sp³-hybridized carbons (Fsp3) is 0.125. The third kappa shape index (κ3) is 3.96. The van der Waals surface area contributed by atoms with Crippen LogP contribution in [0, 0.1) is 0 Å². The number of carbonyl (C=O) groups excluding carboxylic acids is 1. The molecule has 0 amide bonds. The highest BCUT2D eigenvalue weighted by Crippen LogP contribution is 2.24. The van der Waals surface area contributed by atoms with Gasteiger partial charge in [-0.3, -0.25) is 4.79 Å². The Bertz CT molecular complexity index is 702. The molecule has 0 atom stereocenters. The van der Waals surface area contributed by atoms with Gasteiger partial charge in [-0.1, -0.05) is 11.6 Å². The van der Waals surface area contributed by atoms with Crippen molar-refractivity contribution in [2.24, 2.45) is 5.73 Å². The third-order valence-corrected chi connectivity index (χ3v) is 3.35. The second-order valence-electron chi connectivity index (χ2n) is 4.47. The number of hydrogen-bond acceptors (Lipinski definition) is 3. The van der Waals surface area contributed by atoms with E-state index in [1.54, 1.807) is 42.5 Å². The van der Waals surface area contributed by atoms with Crippen molar-refractivity contribution >= 4 is 40.4 Å². The van der Waals surface area contributed by atoms with E-state index in [0.29, 0.717) is 28.4 Å². The zero-order valence-corrected chi connectivity index (χ0v) is 13.5. The molecule has 0 bridgehead atoms. The summed E-state index contributed by atoms with van der Waals surface area (Å²) in [5.74, 6) is 0.608. The van der Waals surface area contributed by atoms with Crippen molar-refractivity contribution < 1.29 is 9.53 Å². The predicted molar refractivity (Wildman–Crippen MR) is 92.9 cm³/mol. The molecule has 0 aliphatic rings. The Morgan fingerprint density at radius 1 is 1.23 bits per heavy atom. The number of halogens is 1. The first-order valence-electron chi connectivity index (χ1n) is 6.65. The highest BCUT2D eigenvalue weighted by molar-refractivity contribution is 7.80. The van der Waals surface area contributed by atoms with Crippen LogP contribution in [0.4, 0.5) is 5.69 Å². The Balaban J connectivity index is 2.27. The molecule has 0 aromatic heterocycles. The van der Waals surface area contributed by atoms with E-state index in [-0.39, 0.29) is 10.9 Å². The quantitative estimate of drug-likeness (QED) is 0.645. The normalized spacial score (nSPS) is 10.1. The zero-order chi connectivity index (χ0) is 16.1. The lowest BCUT2D eigenvalue weighted by molar-refractivity contribution is 0.103. The van der Waals surface area contributed by atoms with Gasteiger partial charge in [0.2, 0.25) is 0 Å². The Morgan fingerprint density at radius 3 is 2.45 bits per heavy atom. The number of nitrogens with one attached hydrogen (secondary N) is 1. The van der Waals surface area contributed by atoms with Crippen LogP contribution < -0.4 is 15.8 Å². The van der Waals surface area contributed by atoms with Gasteiger partial charge in [0, 0.05) is 11.1 Å². The molecule has 0 fully saturated rings. The van der Waals surface area contributed by atoms with Gasteiger partial charge in [0.1, 0.15) is 5.75 Å². The van der Waals surface area contributed by atoms with Crippen molar-refractivity contribution in [3.63, 3.8) is 0 Å². The number of thiocarbonyl (C=S) groups is 1. The number of rotatable bonds is 5. The maximum absolute atomic E-state index is 12.5. The first-order chi connectivity index (χ1) is 10.5. The molecule has 2 aromatic rings. The molecule has 0 unspecified atom stereocenters. The first-order valence-corrected chi connectivity index (χ1v) is 7.43. The standard InChI is InChI=1S/C16H15ClN2O2S/c1-2-21-12-6-3-10(4-7-12)15(20)11-5-8-13(17)14(9-11)19-16(18)22/h3-9H,2H2,1H3,(H3,18,19,22). The van der Waals surface area contributed by atoms with Crippen LogP contribution in [0.5, 0.6) is 5.75 Å². The van der Waals surface area contributed by atoms with Gasteiger partial charge in [-0.25, -0.2) is 0 Å². The monoisotopic (exact) mass is 334 g/mol. The average molecular weight is 335 g/mol. The van der Waals surface area contributed by atoms with Crippen molar-refractivity contribution in [3.05, 3.63) is 58.6 Å². The molecule has 0 saturated carbocycles. The summed E-state index contributed by atoms with van der Waals surface area (Å²) in [4.78, 5) is 12.5. The van der Waals surface area contributed by atoms with E-state index in [1.807, 2.05) is 6.92 Å². The molecular formula is C16H15ClN2O2S. The molecule has 2 aromatic carbocycles.